The molecule has 0 saturated carbocycles. The summed E-state index contributed by atoms with van der Waals surface area (Å²) >= 11 is 0. The summed E-state index contributed by atoms with van der Waals surface area (Å²) in [6, 6.07) is 37.2. The molecular weight excluding hydrogens is 769 g/mol. The van der Waals surface area contributed by atoms with Crippen molar-refractivity contribution < 1.29 is 48.0 Å². The van der Waals surface area contributed by atoms with E-state index in [4.69, 9.17) is 18.9 Å². The Hall–Kier alpha value is -6.57. The van der Waals surface area contributed by atoms with Crippen LogP contribution in [0.2, 0.25) is 0 Å². The van der Waals surface area contributed by atoms with Crippen molar-refractivity contribution in [1.29, 1.82) is 0 Å². The maximum Gasteiger partial charge on any atom is 0.410 e. The Kier molecular flexibility index (Phi) is 20.9. The number of carbonyl (C=O) groups excluding carboxylic acids is 4. The van der Waals surface area contributed by atoms with E-state index in [0.717, 1.165) is 27.2 Å². The maximum atomic E-state index is 13.3. The van der Waals surface area contributed by atoms with Crippen molar-refractivity contribution in [2.24, 2.45) is 0 Å². The van der Waals surface area contributed by atoms with Gasteiger partial charge in [0.1, 0.15) is 33.0 Å². The lowest BCUT2D eigenvalue weighted by Gasteiger charge is -2.25. The molecule has 14 heteroatoms. The summed E-state index contributed by atoms with van der Waals surface area (Å²) in [7, 11) is 0. The van der Waals surface area contributed by atoms with Crippen molar-refractivity contribution in [3.8, 4) is 0 Å². The zero-order valence-corrected chi connectivity index (χ0v) is 34.0. The number of hydrogen-bond donors (Lipinski definition) is 2. The van der Waals surface area contributed by atoms with E-state index in [-0.39, 0.29) is 45.9 Å². The molecule has 0 aliphatic carbocycles. The van der Waals surface area contributed by atoms with Gasteiger partial charge in [-0.05, 0) is 60.8 Å². The van der Waals surface area contributed by atoms with Crippen LogP contribution in [0.4, 0.5) is 19.2 Å². The molecular formula is C46H56N4O10. The van der Waals surface area contributed by atoms with Crippen molar-refractivity contribution in [2.45, 2.75) is 65.0 Å². The van der Waals surface area contributed by atoms with Crippen molar-refractivity contribution in [3.05, 3.63) is 144 Å². The summed E-state index contributed by atoms with van der Waals surface area (Å²) in [6.45, 7) is 1.69. The number of nitrogens with one attached hydrogen (secondary N) is 1. The Labute approximate surface area is 352 Å². The molecule has 14 nitrogen and oxygen atoms in total. The number of ether oxygens (including phenoxy) is 4. The highest BCUT2D eigenvalue weighted by Crippen LogP contribution is 2.11. The van der Waals surface area contributed by atoms with E-state index in [9.17, 15) is 29.1 Å². The maximum absolute atomic E-state index is 13.3. The summed E-state index contributed by atoms with van der Waals surface area (Å²) in [5.41, 5.74) is 3.37. The standard InChI is InChI=1S/C46H56N4O10/c51-42(52)33-50(46(56)60-37-41-25-12-4-13-26-41)32-18-31-49(45(55)59-36-40-23-10-3-11-24-40)29-16-5-15-28-48(44(54)58-35-39-21-8-2-9-22-39)30-17-14-27-47-43(53)57-34-38-19-6-1-7-20-38/h1-4,6-13,19-26H,5,14-18,27-37H2,(H,47,53)(H,51,52). The number of carboxylic acids is 1. The Bertz CT molecular complexity index is 1850. The highest BCUT2D eigenvalue weighted by molar-refractivity contribution is 5.76. The third kappa shape index (κ3) is 18.8. The van der Waals surface area contributed by atoms with Crippen molar-refractivity contribution in [1.82, 2.24) is 20.0 Å². The van der Waals surface area contributed by atoms with Crippen LogP contribution in [0.15, 0.2) is 121 Å². The monoisotopic (exact) mass is 824 g/mol. The van der Waals surface area contributed by atoms with Gasteiger partial charge >= 0.3 is 30.3 Å². The van der Waals surface area contributed by atoms with Crippen LogP contribution in [-0.4, -0.2) is 96.0 Å². The van der Waals surface area contributed by atoms with Crippen LogP contribution >= 0.6 is 0 Å². The van der Waals surface area contributed by atoms with Crippen LogP contribution in [0.5, 0.6) is 0 Å². The highest BCUT2D eigenvalue weighted by atomic mass is 16.6. The number of carbonyl (C=O) groups is 5. The number of nitrogens with zero attached hydrogens (tertiary/aromatic N) is 3. The van der Waals surface area contributed by atoms with Gasteiger partial charge < -0.3 is 39.2 Å². The predicted molar refractivity (Wildman–Crippen MR) is 225 cm³/mol. The smallest absolute Gasteiger partial charge is 0.410 e. The number of unbranched alkanes of at least 4 members (excludes halogenated alkanes) is 3. The fraction of sp³-hybridized carbons (Fsp3) is 0.370. The number of amides is 4. The topological polar surface area (TPSA) is 164 Å². The molecule has 0 spiro atoms. The summed E-state index contributed by atoms with van der Waals surface area (Å²) < 4.78 is 21.9. The van der Waals surface area contributed by atoms with Crippen LogP contribution in [-0.2, 0) is 50.2 Å². The van der Waals surface area contributed by atoms with Crippen LogP contribution in [0, 0.1) is 0 Å². The molecule has 0 heterocycles. The van der Waals surface area contributed by atoms with Crippen LogP contribution < -0.4 is 5.32 Å². The predicted octanol–water partition coefficient (Wildman–Crippen LogP) is 8.25. The average Bonchev–Trinajstić information content (AvgIpc) is 3.27. The molecule has 0 saturated heterocycles. The first kappa shape index (κ1) is 46.1. The molecule has 320 valence electrons. The van der Waals surface area contributed by atoms with E-state index < -0.39 is 36.9 Å². The number of carboxylic acid groups (broad SMARTS) is 1. The van der Waals surface area contributed by atoms with E-state index in [1.807, 2.05) is 109 Å². The summed E-state index contributed by atoms with van der Waals surface area (Å²) in [5, 5.41) is 12.2. The number of rotatable bonds is 25. The van der Waals surface area contributed by atoms with Gasteiger partial charge in [0, 0.05) is 39.3 Å². The van der Waals surface area contributed by atoms with E-state index in [1.165, 1.54) is 0 Å². The third-order valence-electron chi connectivity index (χ3n) is 9.27. The van der Waals surface area contributed by atoms with Gasteiger partial charge in [-0.25, -0.2) is 19.2 Å². The van der Waals surface area contributed by atoms with Gasteiger partial charge in [-0.3, -0.25) is 9.69 Å². The quantitative estimate of drug-likeness (QED) is 0.0491. The van der Waals surface area contributed by atoms with Crippen molar-refractivity contribution in [3.63, 3.8) is 0 Å². The van der Waals surface area contributed by atoms with Crippen molar-refractivity contribution >= 4 is 30.3 Å². The van der Waals surface area contributed by atoms with Gasteiger partial charge in [-0.15, -0.1) is 0 Å². The van der Waals surface area contributed by atoms with Gasteiger partial charge in [0.25, 0.3) is 0 Å². The zero-order valence-electron chi connectivity index (χ0n) is 34.0. The molecule has 0 aliphatic rings. The molecule has 0 unspecified atom stereocenters. The first-order valence-electron chi connectivity index (χ1n) is 20.3. The van der Waals surface area contributed by atoms with Crippen LogP contribution in [0.25, 0.3) is 0 Å². The molecule has 0 aromatic heterocycles. The minimum atomic E-state index is -1.18. The molecule has 0 atom stereocenters. The Balaban J connectivity index is 1.26. The normalized spacial score (nSPS) is 10.5. The second-order valence-corrected chi connectivity index (χ2v) is 14.0. The second kappa shape index (κ2) is 27.2. The van der Waals surface area contributed by atoms with E-state index in [2.05, 4.69) is 5.32 Å². The Morgan fingerprint density at radius 3 is 1.15 bits per heavy atom. The molecule has 4 aromatic rings. The fourth-order valence-corrected chi connectivity index (χ4v) is 6.05. The van der Waals surface area contributed by atoms with Gasteiger partial charge in [-0.1, -0.05) is 121 Å². The van der Waals surface area contributed by atoms with E-state index in [0.29, 0.717) is 58.3 Å². The number of aliphatic carboxylic acids is 1. The molecule has 4 amide bonds. The molecule has 4 rings (SSSR count). The Morgan fingerprint density at radius 2 is 0.750 bits per heavy atom. The molecule has 0 aliphatic heterocycles. The number of benzene rings is 4. The summed E-state index contributed by atoms with van der Waals surface area (Å²) in [5.74, 6) is -1.18. The minimum absolute atomic E-state index is 0.000868. The second-order valence-electron chi connectivity index (χ2n) is 14.0. The van der Waals surface area contributed by atoms with E-state index >= 15 is 0 Å². The van der Waals surface area contributed by atoms with Gasteiger partial charge in [0.2, 0.25) is 0 Å². The molecule has 0 bridgehead atoms. The van der Waals surface area contributed by atoms with Gasteiger partial charge in [0.05, 0.1) is 0 Å². The third-order valence-corrected chi connectivity index (χ3v) is 9.27. The lowest BCUT2D eigenvalue weighted by molar-refractivity contribution is -0.138. The summed E-state index contributed by atoms with van der Waals surface area (Å²) in [6.07, 6.45) is 1.21. The largest absolute Gasteiger partial charge is 0.480 e. The number of hydrogen-bond acceptors (Lipinski definition) is 9. The minimum Gasteiger partial charge on any atom is -0.480 e. The lowest BCUT2D eigenvalue weighted by atomic mass is 10.2. The van der Waals surface area contributed by atoms with E-state index in [1.54, 1.807) is 21.9 Å². The molecule has 0 fully saturated rings. The number of alkyl carbamates (subject to hydrolysis) is 1. The first-order valence-corrected chi connectivity index (χ1v) is 20.3. The van der Waals surface area contributed by atoms with Gasteiger partial charge in [-0.2, -0.15) is 0 Å². The molecule has 60 heavy (non-hydrogen) atoms. The van der Waals surface area contributed by atoms with Crippen LogP contribution in [0.1, 0.15) is 60.8 Å². The average molecular weight is 825 g/mol. The van der Waals surface area contributed by atoms with Crippen LogP contribution in [0.3, 0.4) is 0 Å². The Morgan fingerprint density at radius 1 is 0.417 bits per heavy atom. The summed E-state index contributed by atoms with van der Waals surface area (Å²) in [4.78, 5) is 67.5. The SMILES string of the molecule is O=C(O)CN(CCCN(CCCCCN(CCCCNC(=O)OCc1ccccc1)C(=O)OCc1ccccc1)C(=O)OCc1ccccc1)C(=O)OCc1ccccc1. The van der Waals surface area contributed by atoms with Gasteiger partial charge in [0.15, 0.2) is 0 Å². The fourth-order valence-electron chi connectivity index (χ4n) is 6.05. The first-order chi connectivity index (χ1) is 29.3. The molecule has 0 radical (unpaired) electrons. The molecule has 2 N–H and O–H groups in total. The molecule has 4 aromatic carbocycles. The highest BCUT2D eigenvalue weighted by Gasteiger charge is 2.21. The lowest BCUT2D eigenvalue weighted by Crippen LogP contribution is -2.39. The van der Waals surface area contributed by atoms with Crippen molar-refractivity contribution in [2.75, 3.05) is 45.8 Å². The zero-order chi connectivity index (χ0) is 42.6.